The van der Waals surface area contributed by atoms with Gasteiger partial charge in [-0.2, -0.15) is 0 Å². The first-order valence-corrected chi connectivity index (χ1v) is 11.4. The molecule has 2 heterocycles. The predicted octanol–water partition coefficient (Wildman–Crippen LogP) is 4.65. The van der Waals surface area contributed by atoms with Crippen molar-refractivity contribution in [3.63, 3.8) is 0 Å². The van der Waals surface area contributed by atoms with Crippen LogP contribution < -0.4 is 10.3 Å². The van der Waals surface area contributed by atoms with Crippen LogP contribution in [0.2, 0.25) is 0 Å². The molecule has 2 aromatic heterocycles. The summed E-state index contributed by atoms with van der Waals surface area (Å²) in [5.41, 5.74) is 0.146. The fraction of sp³-hybridized carbons (Fsp3) is 0. The van der Waals surface area contributed by atoms with Crippen LogP contribution in [0.15, 0.2) is 83.9 Å². The van der Waals surface area contributed by atoms with Crippen LogP contribution >= 0.6 is 27.3 Å². The summed E-state index contributed by atoms with van der Waals surface area (Å²) in [6, 6.07) is 17.4. The molecule has 29 heavy (non-hydrogen) atoms. The van der Waals surface area contributed by atoms with E-state index in [2.05, 4.69) is 20.7 Å². The number of hydrogen-bond acceptors (Lipinski definition) is 6. The highest BCUT2D eigenvalue weighted by molar-refractivity contribution is 9.11. The van der Waals surface area contributed by atoms with Gasteiger partial charge >= 0.3 is 5.63 Å². The number of nitrogens with one attached hydrogen (secondary N) is 1. The molecule has 0 aliphatic rings. The lowest BCUT2D eigenvalue weighted by Crippen LogP contribution is -2.15. The van der Waals surface area contributed by atoms with Crippen LogP contribution in [-0.4, -0.2) is 14.2 Å². The zero-order valence-corrected chi connectivity index (χ0v) is 17.8. The van der Waals surface area contributed by atoms with Crippen LogP contribution in [0, 0.1) is 0 Å². The van der Waals surface area contributed by atoms with Crippen molar-refractivity contribution in [3.8, 4) is 0 Å². The Balaban J connectivity index is 1.60. The van der Waals surface area contributed by atoms with Crippen molar-refractivity contribution in [2.45, 2.75) is 4.21 Å². The molecule has 0 saturated carbocycles. The van der Waals surface area contributed by atoms with E-state index in [0.29, 0.717) is 20.4 Å². The highest BCUT2D eigenvalue weighted by Gasteiger charge is 2.18. The fourth-order valence-corrected chi connectivity index (χ4v) is 5.78. The third kappa shape index (κ3) is 4.02. The number of carbonyl (C=O) groups excluding carboxylic acids is 1. The molecular weight excluding hydrogens is 478 g/mol. The highest BCUT2D eigenvalue weighted by Crippen LogP contribution is 2.27. The number of carbonyl (C=O) groups is 1. The van der Waals surface area contributed by atoms with E-state index in [1.807, 2.05) is 0 Å². The van der Waals surface area contributed by atoms with E-state index in [1.54, 1.807) is 30.3 Å². The molecule has 4 aromatic rings. The van der Waals surface area contributed by atoms with Crippen molar-refractivity contribution in [1.82, 2.24) is 0 Å². The lowest BCUT2D eigenvalue weighted by atomic mass is 10.0. The number of hydrogen-bond donors (Lipinski definition) is 1. The van der Waals surface area contributed by atoms with Crippen molar-refractivity contribution in [2.75, 3.05) is 4.72 Å². The maximum absolute atomic E-state index is 12.7. The van der Waals surface area contributed by atoms with E-state index in [0.717, 1.165) is 11.3 Å². The van der Waals surface area contributed by atoms with Crippen LogP contribution in [0.1, 0.15) is 15.9 Å². The Morgan fingerprint density at radius 3 is 2.41 bits per heavy atom. The third-order valence-corrected chi connectivity index (χ3v) is 7.60. The van der Waals surface area contributed by atoms with Crippen LogP contribution in [-0.2, 0) is 10.0 Å². The molecule has 0 fully saturated rings. The summed E-state index contributed by atoms with van der Waals surface area (Å²) in [4.78, 5) is 24.9. The van der Waals surface area contributed by atoms with E-state index in [-0.39, 0.29) is 15.3 Å². The first-order valence-electron chi connectivity index (χ1n) is 8.29. The molecule has 0 saturated heterocycles. The van der Waals surface area contributed by atoms with E-state index in [9.17, 15) is 18.0 Å². The number of rotatable bonds is 5. The molecule has 0 radical (unpaired) electrons. The van der Waals surface area contributed by atoms with Crippen LogP contribution in [0.3, 0.4) is 0 Å². The zero-order valence-electron chi connectivity index (χ0n) is 14.6. The van der Waals surface area contributed by atoms with Gasteiger partial charge in [-0.3, -0.25) is 9.52 Å². The summed E-state index contributed by atoms with van der Waals surface area (Å²) < 4.78 is 33.3. The van der Waals surface area contributed by atoms with Gasteiger partial charge in [-0.25, -0.2) is 13.2 Å². The van der Waals surface area contributed by atoms with E-state index in [4.69, 9.17) is 4.42 Å². The summed E-state index contributed by atoms with van der Waals surface area (Å²) in [7, 11) is -3.72. The minimum atomic E-state index is -3.72. The second-order valence-electron chi connectivity index (χ2n) is 6.06. The molecule has 2 aromatic carbocycles. The Kier molecular flexibility index (Phi) is 5.12. The molecule has 146 valence electrons. The predicted molar refractivity (Wildman–Crippen MR) is 115 cm³/mol. The number of ketones is 1. The maximum atomic E-state index is 12.7. The van der Waals surface area contributed by atoms with Gasteiger partial charge in [0.2, 0.25) is 0 Å². The summed E-state index contributed by atoms with van der Waals surface area (Å²) in [6.45, 7) is 0. The van der Waals surface area contributed by atoms with Gasteiger partial charge < -0.3 is 4.42 Å². The van der Waals surface area contributed by atoms with Crippen LogP contribution in [0.25, 0.3) is 11.0 Å². The molecular formula is C20H12BrNO5S2. The largest absolute Gasteiger partial charge is 0.422 e. The number of halogens is 1. The zero-order chi connectivity index (χ0) is 20.6. The van der Waals surface area contributed by atoms with Gasteiger partial charge in [0.05, 0.1) is 3.79 Å². The van der Waals surface area contributed by atoms with Crippen molar-refractivity contribution in [2.24, 2.45) is 0 Å². The number of thiophene rings is 1. The number of para-hydroxylation sites is 1. The summed E-state index contributed by atoms with van der Waals surface area (Å²) >= 11 is 4.32. The Bertz CT molecular complexity index is 1390. The number of anilines is 1. The Hall–Kier alpha value is -2.75. The molecule has 6 nitrogen and oxygen atoms in total. The van der Waals surface area contributed by atoms with Gasteiger partial charge in [-0.15, -0.1) is 11.3 Å². The van der Waals surface area contributed by atoms with Gasteiger partial charge in [0.1, 0.15) is 15.4 Å². The van der Waals surface area contributed by atoms with Gasteiger partial charge in [-0.05, 0) is 64.5 Å². The smallest absolute Gasteiger partial charge is 0.347 e. The quantitative estimate of drug-likeness (QED) is 0.325. The topological polar surface area (TPSA) is 93.4 Å². The van der Waals surface area contributed by atoms with Gasteiger partial charge in [-0.1, -0.05) is 18.2 Å². The van der Waals surface area contributed by atoms with Crippen molar-refractivity contribution in [3.05, 3.63) is 92.1 Å². The lowest BCUT2D eigenvalue weighted by Gasteiger charge is -2.07. The molecule has 0 aliphatic carbocycles. The summed E-state index contributed by atoms with van der Waals surface area (Å²) in [6.07, 6.45) is 0. The first kappa shape index (κ1) is 19.6. The van der Waals surface area contributed by atoms with Crippen molar-refractivity contribution >= 4 is 59.7 Å². The molecule has 0 bridgehead atoms. The number of sulfonamides is 1. The average Bonchev–Trinajstić information content (AvgIpc) is 3.15. The van der Waals surface area contributed by atoms with Gasteiger partial charge in [0, 0.05) is 16.6 Å². The summed E-state index contributed by atoms with van der Waals surface area (Å²) in [5.74, 6) is -0.499. The molecule has 0 unspecified atom stereocenters. The third-order valence-electron chi connectivity index (χ3n) is 4.10. The molecule has 0 aliphatic heterocycles. The molecule has 1 N–H and O–H groups in total. The second kappa shape index (κ2) is 7.58. The molecule has 0 atom stereocenters. The minimum Gasteiger partial charge on any atom is -0.422 e. The SMILES string of the molecule is O=C(c1ccc(NS(=O)(=O)c2ccc(Br)s2)cc1)c1cc2ccccc2oc1=O. The van der Waals surface area contributed by atoms with Crippen LogP contribution in [0.5, 0.6) is 0 Å². The second-order valence-corrected chi connectivity index (χ2v) is 10.4. The van der Waals surface area contributed by atoms with Gasteiger partial charge in [0.25, 0.3) is 10.0 Å². The van der Waals surface area contributed by atoms with Crippen LogP contribution in [0.4, 0.5) is 5.69 Å². The first-order chi connectivity index (χ1) is 13.8. The number of benzene rings is 2. The molecule has 4 rings (SSSR count). The minimum absolute atomic E-state index is 0.0829. The summed E-state index contributed by atoms with van der Waals surface area (Å²) in [5, 5.41) is 0.641. The normalized spacial score (nSPS) is 11.5. The average molecular weight is 490 g/mol. The van der Waals surface area contributed by atoms with Crippen molar-refractivity contribution < 1.29 is 17.6 Å². The van der Waals surface area contributed by atoms with Gasteiger partial charge in [0.15, 0.2) is 5.78 Å². The number of fused-ring (bicyclic) bond motifs is 1. The Morgan fingerprint density at radius 2 is 1.72 bits per heavy atom. The molecule has 0 spiro atoms. The van der Waals surface area contributed by atoms with E-state index < -0.39 is 21.4 Å². The Morgan fingerprint density at radius 1 is 1.00 bits per heavy atom. The molecule has 0 amide bonds. The lowest BCUT2D eigenvalue weighted by molar-refractivity contribution is 0.103. The standard InChI is InChI=1S/C20H12BrNO5S2/c21-17-9-10-18(28-17)29(25,26)22-14-7-5-12(6-8-14)19(23)15-11-13-3-1-2-4-16(13)27-20(15)24/h1-11,22H. The molecule has 9 heteroatoms. The maximum Gasteiger partial charge on any atom is 0.347 e. The fourth-order valence-electron chi connectivity index (χ4n) is 2.71. The highest BCUT2D eigenvalue weighted by atomic mass is 79.9. The van der Waals surface area contributed by atoms with E-state index >= 15 is 0 Å². The van der Waals surface area contributed by atoms with E-state index in [1.165, 1.54) is 36.4 Å². The Labute approximate surface area is 178 Å². The van der Waals surface area contributed by atoms with Crippen molar-refractivity contribution in [1.29, 1.82) is 0 Å². The monoisotopic (exact) mass is 489 g/mol.